The van der Waals surface area contributed by atoms with Crippen molar-refractivity contribution in [3.63, 3.8) is 0 Å². The maximum atomic E-state index is 15.1. The molecule has 4 aromatic carbocycles. The molecule has 12 nitrogen and oxygen atoms in total. The average Bonchev–Trinajstić information content (AvgIpc) is 3.76. The number of hydrogen-bond donors (Lipinski definition) is 0. The molecular weight excluding hydrogens is 854 g/mol. The molecule has 1 aliphatic rings. The first-order valence-electron chi connectivity index (χ1n) is 20.9. The van der Waals surface area contributed by atoms with Crippen LogP contribution in [0, 0.1) is 17.6 Å². The van der Waals surface area contributed by atoms with Crippen molar-refractivity contribution in [2.24, 2.45) is 5.92 Å². The molecule has 0 spiro atoms. The van der Waals surface area contributed by atoms with E-state index < -0.39 is 71.8 Å². The van der Waals surface area contributed by atoms with Gasteiger partial charge in [0.05, 0.1) is 36.9 Å². The van der Waals surface area contributed by atoms with Gasteiger partial charge in [-0.25, -0.2) is 8.78 Å². The lowest BCUT2D eigenvalue weighted by Crippen LogP contribution is -2.37. The van der Waals surface area contributed by atoms with Crippen LogP contribution in [0.2, 0.25) is 0 Å². The number of nitrogens with zero attached hydrogens (tertiary/aromatic N) is 5. The van der Waals surface area contributed by atoms with Crippen molar-refractivity contribution in [2.45, 2.75) is 71.2 Å². The third-order valence-electron chi connectivity index (χ3n) is 10.6. The summed E-state index contributed by atoms with van der Waals surface area (Å²) in [5.74, 6) is -5.89. The second-order valence-electron chi connectivity index (χ2n) is 15.3. The quantitative estimate of drug-likeness (QED) is 0.0467. The second-order valence-corrected chi connectivity index (χ2v) is 15.3. The Bertz CT molecular complexity index is 2490. The van der Waals surface area contributed by atoms with Gasteiger partial charge in [0.1, 0.15) is 37.0 Å². The Morgan fingerprint density at radius 1 is 0.708 bits per heavy atom. The summed E-state index contributed by atoms with van der Waals surface area (Å²) in [6, 6.07) is 28.2. The van der Waals surface area contributed by atoms with Crippen molar-refractivity contribution in [2.75, 3.05) is 13.2 Å². The van der Waals surface area contributed by atoms with Gasteiger partial charge < -0.3 is 23.8 Å². The van der Waals surface area contributed by atoms with Crippen LogP contribution < -0.4 is 14.2 Å². The monoisotopic (exact) mass is 897 g/mol. The predicted octanol–water partition coefficient (Wildman–Crippen LogP) is 9.53. The van der Waals surface area contributed by atoms with Crippen LogP contribution in [-0.4, -0.2) is 55.5 Å². The summed E-state index contributed by atoms with van der Waals surface area (Å²) in [4.78, 5) is 51.4. The highest BCUT2D eigenvalue weighted by Gasteiger charge is 2.44. The summed E-state index contributed by atoms with van der Waals surface area (Å²) < 4.78 is 98.6. The molecule has 0 atom stereocenters. The van der Waals surface area contributed by atoms with Crippen molar-refractivity contribution < 1.29 is 55.3 Å². The number of alkyl halides is 3. The molecule has 17 heteroatoms. The van der Waals surface area contributed by atoms with Crippen LogP contribution in [0.25, 0.3) is 0 Å². The molecule has 0 bridgehead atoms. The highest BCUT2D eigenvalue weighted by molar-refractivity contribution is 6.05. The van der Waals surface area contributed by atoms with E-state index in [0.717, 1.165) is 33.5 Å². The van der Waals surface area contributed by atoms with E-state index in [1.54, 1.807) is 67.6 Å². The largest absolute Gasteiger partial charge is 0.472 e. The van der Waals surface area contributed by atoms with Gasteiger partial charge in [0.2, 0.25) is 11.8 Å². The number of amides is 1. The van der Waals surface area contributed by atoms with Crippen LogP contribution in [0.15, 0.2) is 115 Å². The smallest absolute Gasteiger partial charge is 0.433 e. The minimum atomic E-state index is -5.12. The number of hydrogen-bond acceptors (Lipinski definition) is 10. The lowest BCUT2D eigenvalue weighted by molar-refractivity contribution is -0.151. The summed E-state index contributed by atoms with van der Waals surface area (Å²) in [6.07, 6.45) is -3.63. The van der Waals surface area contributed by atoms with Gasteiger partial charge in [-0.15, -0.1) is 0 Å². The normalized spacial score (nSPS) is 14.9. The molecule has 338 valence electrons. The fourth-order valence-electron chi connectivity index (χ4n) is 7.53. The first-order valence-corrected chi connectivity index (χ1v) is 20.9. The molecular formula is C48H44F5N5O7. The van der Waals surface area contributed by atoms with Crippen LogP contribution in [0.4, 0.5) is 22.0 Å². The number of Topliss-reactive ketones (excluding diaryl/α,β-unsaturated/α-hetero) is 1. The number of benzene rings is 4. The molecule has 1 aliphatic carbocycles. The van der Waals surface area contributed by atoms with Gasteiger partial charge in [-0.1, -0.05) is 91.0 Å². The van der Waals surface area contributed by atoms with Crippen molar-refractivity contribution in [3.05, 3.63) is 166 Å². The van der Waals surface area contributed by atoms with E-state index in [4.69, 9.17) is 18.9 Å². The number of aromatic nitrogens is 4. The SMILES string of the molecule is CCOC(=O)[C@H]1CC[C@H](n2ncc(C(=O)N(CC(=O)c3c(OCc4ccccc4)nc(OCc4ccccc4)nc3OCc3ccccc3)Cc3cc(F)cc(F)c3)c2C(F)(F)F)CC1. The molecule has 0 unspecified atom stereocenters. The van der Waals surface area contributed by atoms with Gasteiger partial charge in [0.25, 0.3) is 5.91 Å². The Kier molecular flexibility index (Phi) is 14.8. The minimum absolute atomic E-state index is 0.0128. The van der Waals surface area contributed by atoms with E-state index in [-0.39, 0.29) is 81.0 Å². The Morgan fingerprint density at radius 3 is 1.71 bits per heavy atom. The van der Waals surface area contributed by atoms with Crippen LogP contribution in [0.3, 0.4) is 0 Å². The van der Waals surface area contributed by atoms with E-state index >= 15 is 13.2 Å². The van der Waals surface area contributed by atoms with Crippen molar-refractivity contribution in [1.29, 1.82) is 0 Å². The molecule has 1 saturated carbocycles. The molecule has 0 radical (unpaired) electrons. The first-order chi connectivity index (χ1) is 31.4. The van der Waals surface area contributed by atoms with E-state index in [0.29, 0.717) is 17.2 Å². The van der Waals surface area contributed by atoms with E-state index in [9.17, 15) is 23.2 Å². The Hall–Kier alpha value is -7.17. The third kappa shape index (κ3) is 11.9. The summed E-state index contributed by atoms with van der Waals surface area (Å²) in [7, 11) is 0. The number of ketones is 1. The molecule has 0 saturated heterocycles. The summed E-state index contributed by atoms with van der Waals surface area (Å²) >= 11 is 0. The highest BCUT2D eigenvalue weighted by Crippen LogP contribution is 2.40. The molecule has 7 rings (SSSR count). The predicted molar refractivity (Wildman–Crippen MR) is 225 cm³/mol. The topological polar surface area (TPSA) is 135 Å². The van der Waals surface area contributed by atoms with E-state index in [2.05, 4.69) is 15.1 Å². The molecule has 6 aromatic rings. The summed E-state index contributed by atoms with van der Waals surface area (Å²) in [5.41, 5.74) is -0.702. The Balaban J connectivity index is 1.28. The van der Waals surface area contributed by atoms with Crippen LogP contribution in [-0.2, 0) is 42.1 Å². The van der Waals surface area contributed by atoms with E-state index in [1.807, 2.05) is 30.3 Å². The van der Waals surface area contributed by atoms with Gasteiger partial charge in [-0.2, -0.15) is 28.2 Å². The number of carbonyl (C=O) groups is 3. The van der Waals surface area contributed by atoms with Gasteiger partial charge in [0.15, 0.2) is 11.5 Å². The molecule has 2 aromatic heterocycles. The lowest BCUT2D eigenvalue weighted by atomic mass is 9.86. The van der Waals surface area contributed by atoms with Gasteiger partial charge >= 0.3 is 18.2 Å². The van der Waals surface area contributed by atoms with Crippen LogP contribution >= 0.6 is 0 Å². The van der Waals surface area contributed by atoms with Gasteiger partial charge in [-0.05, 0) is 67.0 Å². The zero-order valence-electron chi connectivity index (χ0n) is 35.2. The van der Waals surface area contributed by atoms with Crippen molar-refractivity contribution in [1.82, 2.24) is 24.6 Å². The molecule has 65 heavy (non-hydrogen) atoms. The van der Waals surface area contributed by atoms with Gasteiger partial charge in [-0.3, -0.25) is 19.1 Å². The fourth-order valence-corrected chi connectivity index (χ4v) is 7.53. The molecule has 1 amide bonds. The lowest BCUT2D eigenvalue weighted by Gasteiger charge is -2.29. The summed E-state index contributed by atoms with van der Waals surface area (Å²) in [6.45, 7) is -0.0850. The number of esters is 1. The average molecular weight is 898 g/mol. The van der Waals surface area contributed by atoms with Gasteiger partial charge in [0, 0.05) is 12.6 Å². The molecule has 0 aliphatic heterocycles. The second kappa shape index (κ2) is 21.0. The number of halogens is 5. The fraction of sp³-hybridized carbons (Fsp3) is 0.292. The highest BCUT2D eigenvalue weighted by atomic mass is 19.4. The minimum Gasteiger partial charge on any atom is -0.472 e. The van der Waals surface area contributed by atoms with Crippen molar-refractivity contribution in [3.8, 4) is 17.8 Å². The standard InChI is InChI=1S/C48H44F5N5O7/c1-2-62-46(61)35-18-20-38(21-19-35)58-42(48(51,52)53)39(25-54-58)45(60)57(26-34-22-36(49)24-37(50)23-34)27-40(59)41-43(63-28-31-12-6-3-7-13-31)55-47(65-30-33-16-10-5-11-17-33)56-44(41)64-29-32-14-8-4-9-15-32/h3-17,22-25,35,38H,2,18-21,26-30H2,1H3/t35-,38-. The zero-order valence-corrected chi connectivity index (χ0v) is 35.2. The van der Waals surface area contributed by atoms with Crippen LogP contribution in [0.5, 0.6) is 17.8 Å². The number of rotatable bonds is 18. The molecule has 1 fully saturated rings. The van der Waals surface area contributed by atoms with Crippen LogP contribution in [0.1, 0.15) is 87.3 Å². The molecule has 2 heterocycles. The third-order valence-corrected chi connectivity index (χ3v) is 10.6. The number of carbonyl (C=O) groups excluding carboxylic acids is 3. The van der Waals surface area contributed by atoms with Crippen molar-refractivity contribution >= 4 is 17.7 Å². The molecule has 0 N–H and O–H groups in total. The summed E-state index contributed by atoms with van der Waals surface area (Å²) in [5, 5.41) is 4.03. The Labute approximate surface area is 370 Å². The first kappa shape index (κ1) is 45.8. The maximum absolute atomic E-state index is 15.1. The van der Waals surface area contributed by atoms with E-state index in [1.165, 1.54) is 0 Å². The zero-order chi connectivity index (χ0) is 45.9. The maximum Gasteiger partial charge on any atom is 0.433 e. The Morgan fingerprint density at radius 2 is 1.22 bits per heavy atom. The number of ether oxygens (including phenoxy) is 4.